The summed E-state index contributed by atoms with van der Waals surface area (Å²) in [5.74, 6) is -0.603. The van der Waals surface area contributed by atoms with Crippen molar-refractivity contribution in [2.24, 2.45) is 11.3 Å². The SMILES string of the molecule is CCC1(O)C[C@H]2CN(CCc3c([nH]c4ccccc34)[C@@](C(=O)OC)(c3cc4c(cc3OC)N(C=O)C3[C@](C)(O)[C@H](OC(C)=O)[C@]5(CC)C=CCN6CC[C@]43[C@@H]65)C2)C1. The van der Waals surface area contributed by atoms with E-state index < -0.39 is 51.5 Å². The summed E-state index contributed by atoms with van der Waals surface area (Å²) < 4.78 is 18.4. The number of nitrogens with zero attached hydrogens (tertiary/aromatic N) is 3. The molecule has 9 rings (SSSR count). The van der Waals surface area contributed by atoms with Gasteiger partial charge >= 0.3 is 11.9 Å². The molecule has 6 heterocycles. The number of amides is 1. The average molecular weight is 781 g/mol. The van der Waals surface area contributed by atoms with Crippen molar-refractivity contribution in [1.82, 2.24) is 14.8 Å². The Hall–Kier alpha value is -4.23. The summed E-state index contributed by atoms with van der Waals surface area (Å²) in [6.45, 7) is 10.5. The Labute approximate surface area is 334 Å². The van der Waals surface area contributed by atoms with Gasteiger partial charge in [-0.25, -0.2) is 0 Å². The summed E-state index contributed by atoms with van der Waals surface area (Å²) in [5.41, 5.74) is -0.836. The van der Waals surface area contributed by atoms with E-state index in [4.69, 9.17) is 14.2 Å². The second-order valence-corrected chi connectivity index (χ2v) is 18.0. The first kappa shape index (κ1) is 38.3. The van der Waals surface area contributed by atoms with Crippen molar-refractivity contribution in [2.45, 2.75) is 106 Å². The summed E-state index contributed by atoms with van der Waals surface area (Å²) in [6, 6.07) is 11.1. The Morgan fingerprint density at radius 1 is 1.04 bits per heavy atom. The number of hydrogen-bond donors (Lipinski definition) is 3. The van der Waals surface area contributed by atoms with Crippen LogP contribution in [0.5, 0.6) is 5.75 Å². The van der Waals surface area contributed by atoms with Crippen molar-refractivity contribution in [1.29, 1.82) is 0 Å². The minimum Gasteiger partial charge on any atom is -0.496 e. The highest BCUT2D eigenvalue weighted by atomic mass is 16.6. The average Bonchev–Trinajstić information content (AvgIpc) is 3.87. The van der Waals surface area contributed by atoms with Crippen molar-refractivity contribution < 1.29 is 38.8 Å². The molecule has 12 nitrogen and oxygen atoms in total. The molecule has 5 aliphatic heterocycles. The van der Waals surface area contributed by atoms with Gasteiger partial charge in [-0.3, -0.25) is 24.2 Å². The minimum atomic E-state index is -1.68. The van der Waals surface area contributed by atoms with Crippen LogP contribution in [0.4, 0.5) is 5.69 Å². The van der Waals surface area contributed by atoms with Crippen molar-refractivity contribution in [3.8, 4) is 5.75 Å². The number of nitrogens with one attached hydrogen (secondary N) is 1. The Balaban J connectivity index is 1.36. The molecule has 3 unspecified atom stereocenters. The van der Waals surface area contributed by atoms with E-state index in [1.165, 1.54) is 14.0 Å². The number of methoxy groups -OCH3 is 2. The molecule has 1 aromatic heterocycles. The third-order valence-corrected chi connectivity index (χ3v) is 15.3. The molecule has 2 bridgehead atoms. The number of carbonyl (C=O) groups excluding carboxylic acids is 3. The van der Waals surface area contributed by atoms with Crippen LogP contribution in [0.3, 0.4) is 0 Å². The zero-order valence-electron chi connectivity index (χ0n) is 34.0. The summed E-state index contributed by atoms with van der Waals surface area (Å²) in [5, 5.41) is 26.0. The number of aromatic amines is 1. The maximum atomic E-state index is 15.3. The number of hydrogen-bond acceptors (Lipinski definition) is 10. The molecule has 6 aliphatic rings. The number of H-pyrrole nitrogens is 1. The summed E-state index contributed by atoms with van der Waals surface area (Å²) in [6.07, 6.45) is 7.40. The van der Waals surface area contributed by atoms with E-state index in [-0.39, 0.29) is 12.0 Å². The van der Waals surface area contributed by atoms with Crippen LogP contribution < -0.4 is 9.64 Å². The molecule has 2 aromatic carbocycles. The lowest BCUT2D eigenvalue weighted by atomic mass is 9.48. The molecule has 1 spiro atoms. The number of carbonyl (C=O) groups is 3. The Morgan fingerprint density at radius 2 is 1.82 bits per heavy atom. The predicted molar refractivity (Wildman–Crippen MR) is 214 cm³/mol. The highest BCUT2D eigenvalue weighted by molar-refractivity contribution is 5.95. The molecule has 3 aromatic rings. The van der Waals surface area contributed by atoms with Gasteiger partial charge in [0.2, 0.25) is 6.41 Å². The molecule has 2 saturated heterocycles. The lowest BCUT2D eigenvalue weighted by Crippen LogP contribution is -2.78. The number of esters is 2. The normalized spacial score (nSPS) is 37.9. The molecule has 1 saturated carbocycles. The fourth-order valence-electron chi connectivity index (χ4n) is 13.3. The molecule has 3 N–H and O–H groups in total. The van der Waals surface area contributed by atoms with Crippen molar-refractivity contribution in [2.75, 3.05) is 51.8 Å². The number of piperidine rings is 1. The Morgan fingerprint density at radius 3 is 2.53 bits per heavy atom. The lowest BCUT2D eigenvalue weighted by Gasteiger charge is -2.63. The van der Waals surface area contributed by atoms with E-state index in [1.54, 1.807) is 18.9 Å². The van der Waals surface area contributed by atoms with Gasteiger partial charge in [0.1, 0.15) is 22.9 Å². The smallest absolute Gasteiger partial charge is 0.322 e. The topological polar surface area (TPSA) is 145 Å². The number of benzene rings is 2. The molecule has 0 radical (unpaired) electrons. The van der Waals surface area contributed by atoms with Gasteiger partial charge in [0.25, 0.3) is 0 Å². The van der Waals surface area contributed by atoms with Gasteiger partial charge in [0, 0.05) is 78.2 Å². The van der Waals surface area contributed by atoms with Crippen LogP contribution in [0.2, 0.25) is 0 Å². The van der Waals surface area contributed by atoms with E-state index >= 15 is 4.79 Å². The zero-order chi connectivity index (χ0) is 40.3. The Bertz CT molecular complexity index is 2180. The molecule has 304 valence electrons. The molecular formula is C45H56N4O8. The number of fused-ring (bicyclic) bond motifs is 6. The van der Waals surface area contributed by atoms with Gasteiger partial charge in [-0.15, -0.1) is 0 Å². The zero-order valence-corrected chi connectivity index (χ0v) is 34.0. The standard InChI is InChI=1S/C45H56N4O8/c1-7-42(54)22-28-23-45(40(52)56-6,36-30(14-18-47(24-28)25-42)29-12-9-10-13-33(29)46-36)32-20-31-34(21-35(32)55-5)49(26-50)37-41(4,53)39(57-27(3)51)43(8-2)15-11-17-48-19-16-44(31,37)38(43)48/h9-13,15,20-21,26,28,37-39,46,53-54H,7-8,14,16-19,22-25H2,1-6H3/t28-,37?,38+,39+,41+,42?,43-,44+,45+/m1/s1. The van der Waals surface area contributed by atoms with E-state index in [0.29, 0.717) is 88.2 Å². The van der Waals surface area contributed by atoms with Gasteiger partial charge in [0.05, 0.1) is 31.5 Å². The van der Waals surface area contributed by atoms with Gasteiger partial charge in [0.15, 0.2) is 0 Å². The lowest BCUT2D eigenvalue weighted by molar-refractivity contribution is -0.213. The molecular weight excluding hydrogens is 725 g/mol. The quantitative estimate of drug-likeness (QED) is 0.180. The molecule has 12 heteroatoms. The monoisotopic (exact) mass is 780 g/mol. The van der Waals surface area contributed by atoms with Crippen LogP contribution in [0.25, 0.3) is 10.9 Å². The summed E-state index contributed by atoms with van der Waals surface area (Å²) >= 11 is 0. The highest BCUT2D eigenvalue weighted by Gasteiger charge is 2.77. The molecule has 3 fully saturated rings. The second kappa shape index (κ2) is 13.1. The van der Waals surface area contributed by atoms with Gasteiger partial charge in [-0.2, -0.15) is 0 Å². The van der Waals surface area contributed by atoms with Crippen LogP contribution in [-0.4, -0.2) is 120 Å². The first-order valence-electron chi connectivity index (χ1n) is 20.7. The fraction of sp³-hybridized carbons (Fsp3) is 0.578. The molecule has 57 heavy (non-hydrogen) atoms. The fourth-order valence-corrected chi connectivity index (χ4v) is 13.3. The van der Waals surface area contributed by atoms with E-state index in [1.807, 2.05) is 31.2 Å². The molecule has 1 amide bonds. The van der Waals surface area contributed by atoms with E-state index in [9.17, 15) is 19.8 Å². The first-order chi connectivity index (χ1) is 27.3. The largest absolute Gasteiger partial charge is 0.496 e. The first-order valence-corrected chi connectivity index (χ1v) is 20.7. The number of aromatic nitrogens is 1. The second-order valence-electron chi connectivity index (χ2n) is 18.0. The van der Waals surface area contributed by atoms with Crippen LogP contribution in [-0.2, 0) is 41.1 Å². The van der Waals surface area contributed by atoms with Gasteiger partial charge < -0.3 is 34.3 Å². The number of rotatable bonds is 7. The summed E-state index contributed by atoms with van der Waals surface area (Å²) in [7, 11) is 3.02. The highest BCUT2D eigenvalue weighted by Crippen LogP contribution is 2.68. The number of anilines is 1. The van der Waals surface area contributed by atoms with E-state index in [0.717, 1.165) is 34.1 Å². The number of para-hydroxylation sites is 1. The predicted octanol–water partition coefficient (Wildman–Crippen LogP) is 4.36. The maximum Gasteiger partial charge on any atom is 0.322 e. The van der Waals surface area contributed by atoms with E-state index in [2.05, 4.69) is 46.0 Å². The number of aliphatic hydroxyl groups is 2. The molecule has 1 aliphatic carbocycles. The van der Waals surface area contributed by atoms with Crippen molar-refractivity contribution in [3.63, 3.8) is 0 Å². The van der Waals surface area contributed by atoms with Crippen LogP contribution in [0.15, 0.2) is 48.6 Å². The maximum absolute atomic E-state index is 15.3. The van der Waals surface area contributed by atoms with Gasteiger partial charge in [-0.1, -0.05) is 44.2 Å². The van der Waals surface area contributed by atoms with Crippen LogP contribution >= 0.6 is 0 Å². The van der Waals surface area contributed by atoms with Crippen molar-refractivity contribution in [3.05, 3.63) is 70.9 Å². The van der Waals surface area contributed by atoms with Crippen LogP contribution in [0, 0.1) is 11.3 Å². The summed E-state index contributed by atoms with van der Waals surface area (Å²) in [4.78, 5) is 51.8. The Kier molecular flexibility index (Phi) is 8.83. The third-order valence-electron chi connectivity index (χ3n) is 15.3. The number of ether oxygens (including phenoxy) is 3. The van der Waals surface area contributed by atoms with Gasteiger partial charge in [-0.05, 0) is 81.2 Å². The minimum absolute atomic E-state index is 0.0893. The van der Waals surface area contributed by atoms with Crippen LogP contribution in [0.1, 0.15) is 82.2 Å². The molecule has 10 atom stereocenters. The van der Waals surface area contributed by atoms with Crippen molar-refractivity contribution >= 4 is 34.9 Å². The third kappa shape index (κ3) is 5.02.